The maximum absolute atomic E-state index is 5.51. The first kappa shape index (κ1) is 13.5. The number of hydrogen-bond donors (Lipinski definition) is 1. The van der Waals surface area contributed by atoms with Gasteiger partial charge in [-0.15, -0.1) is 0 Å². The molecular formula is C15H23NO2. The minimum Gasteiger partial charge on any atom is -0.385 e. The van der Waals surface area contributed by atoms with Gasteiger partial charge < -0.3 is 14.8 Å². The Kier molecular flexibility index (Phi) is 5.65. The van der Waals surface area contributed by atoms with Gasteiger partial charge in [-0.1, -0.05) is 30.3 Å². The number of rotatable bonds is 9. The van der Waals surface area contributed by atoms with Crippen LogP contribution in [0.5, 0.6) is 0 Å². The molecule has 0 spiro atoms. The molecule has 1 aliphatic rings. The molecule has 2 rings (SSSR count). The van der Waals surface area contributed by atoms with Crippen LogP contribution >= 0.6 is 0 Å². The van der Waals surface area contributed by atoms with Gasteiger partial charge in [0.2, 0.25) is 0 Å². The molecule has 1 N–H and O–H groups in total. The Morgan fingerprint density at radius 3 is 2.78 bits per heavy atom. The molecule has 0 radical (unpaired) electrons. The SMILES string of the molecule is COCCCOCCNC1CC1c1ccccc1. The lowest BCUT2D eigenvalue weighted by Gasteiger charge is -2.06. The third-order valence-corrected chi connectivity index (χ3v) is 3.31. The van der Waals surface area contributed by atoms with Crippen LogP contribution in [-0.4, -0.2) is 39.5 Å². The van der Waals surface area contributed by atoms with E-state index in [0.717, 1.165) is 32.8 Å². The second kappa shape index (κ2) is 7.52. The van der Waals surface area contributed by atoms with Crippen molar-refractivity contribution >= 4 is 0 Å². The summed E-state index contributed by atoms with van der Waals surface area (Å²) in [5, 5.41) is 3.54. The monoisotopic (exact) mass is 249 g/mol. The Bertz CT molecular complexity index is 329. The zero-order valence-corrected chi connectivity index (χ0v) is 11.1. The van der Waals surface area contributed by atoms with E-state index >= 15 is 0 Å². The average molecular weight is 249 g/mol. The van der Waals surface area contributed by atoms with Crippen LogP contribution in [-0.2, 0) is 9.47 Å². The Morgan fingerprint density at radius 1 is 1.17 bits per heavy atom. The first-order valence-electron chi connectivity index (χ1n) is 6.77. The van der Waals surface area contributed by atoms with E-state index in [2.05, 4.69) is 35.6 Å². The molecule has 0 bridgehead atoms. The second-order valence-corrected chi connectivity index (χ2v) is 4.77. The standard InChI is InChI=1S/C15H23NO2/c1-17-9-5-10-18-11-8-16-15-12-14(15)13-6-3-2-4-7-13/h2-4,6-7,14-16H,5,8-12H2,1H3. The first-order chi connectivity index (χ1) is 8.92. The summed E-state index contributed by atoms with van der Waals surface area (Å²) in [6, 6.07) is 11.4. The summed E-state index contributed by atoms with van der Waals surface area (Å²) in [6.07, 6.45) is 2.24. The lowest BCUT2D eigenvalue weighted by atomic mass is 10.1. The molecule has 0 aromatic heterocycles. The van der Waals surface area contributed by atoms with E-state index in [9.17, 15) is 0 Å². The fourth-order valence-electron chi connectivity index (χ4n) is 2.21. The third kappa shape index (κ3) is 4.41. The summed E-state index contributed by atoms with van der Waals surface area (Å²) >= 11 is 0. The van der Waals surface area contributed by atoms with Crippen LogP contribution in [0.2, 0.25) is 0 Å². The Hall–Kier alpha value is -0.900. The van der Waals surface area contributed by atoms with E-state index in [0.29, 0.717) is 12.0 Å². The van der Waals surface area contributed by atoms with Gasteiger partial charge in [-0.3, -0.25) is 0 Å². The molecule has 3 nitrogen and oxygen atoms in total. The summed E-state index contributed by atoms with van der Waals surface area (Å²) < 4.78 is 10.5. The Morgan fingerprint density at radius 2 is 2.00 bits per heavy atom. The number of hydrogen-bond acceptors (Lipinski definition) is 3. The lowest BCUT2D eigenvalue weighted by Crippen LogP contribution is -2.23. The van der Waals surface area contributed by atoms with E-state index in [1.807, 2.05) is 0 Å². The number of nitrogens with one attached hydrogen (secondary N) is 1. The second-order valence-electron chi connectivity index (χ2n) is 4.77. The molecule has 1 aromatic carbocycles. The topological polar surface area (TPSA) is 30.5 Å². The smallest absolute Gasteiger partial charge is 0.0591 e. The van der Waals surface area contributed by atoms with E-state index in [1.165, 1.54) is 12.0 Å². The van der Waals surface area contributed by atoms with Crippen LogP contribution in [0.15, 0.2) is 30.3 Å². The Labute approximate surface area is 109 Å². The molecule has 1 aliphatic carbocycles. The van der Waals surface area contributed by atoms with Crippen molar-refractivity contribution in [2.24, 2.45) is 0 Å². The maximum Gasteiger partial charge on any atom is 0.0591 e. The van der Waals surface area contributed by atoms with Crippen molar-refractivity contribution in [2.75, 3.05) is 33.5 Å². The third-order valence-electron chi connectivity index (χ3n) is 3.31. The van der Waals surface area contributed by atoms with Crippen molar-refractivity contribution in [1.29, 1.82) is 0 Å². The molecule has 1 fully saturated rings. The van der Waals surface area contributed by atoms with E-state index in [-0.39, 0.29) is 0 Å². The molecule has 1 aromatic rings. The molecule has 0 heterocycles. The molecule has 0 saturated heterocycles. The summed E-state index contributed by atoms with van der Waals surface area (Å²) in [5.41, 5.74) is 1.45. The normalized spacial score (nSPS) is 22.1. The first-order valence-corrected chi connectivity index (χ1v) is 6.77. The largest absolute Gasteiger partial charge is 0.385 e. The zero-order chi connectivity index (χ0) is 12.6. The Balaban J connectivity index is 1.50. The molecule has 2 unspecified atom stereocenters. The van der Waals surface area contributed by atoms with Crippen LogP contribution in [0.4, 0.5) is 0 Å². The van der Waals surface area contributed by atoms with Gasteiger partial charge in [0, 0.05) is 38.8 Å². The van der Waals surface area contributed by atoms with Gasteiger partial charge in [-0.25, -0.2) is 0 Å². The van der Waals surface area contributed by atoms with Crippen molar-refractivity contribution in [2.45, 2.75) is 24.8 Å². The molecule has 2 atom stereocenters. The summed E-state index contributed by atoms with van der Waals surface area (Å²) in [4.78, 5) is 0. The fourth-order valence-corrected chi connectivity index (χ4v) is 2.21. The van der Waals surface area contributed by atoms with Crippen LogP contribution in [0, 0.1) is 0 Å². The van der Waals surface area contributed by atoms with Gasteiger partial charge in [0.15, 0.2) is 0 Å². The van der Waals surface area contributed by atoms with Crippen molar-refractivity contribution in [3.05, 3.63) is 35.9 Å². The minimum absolute atomic E-state index is 0.648. The molecule has 0 amide bonds. The molecule has 1 saturated carbocycles. The van der Waals surface area contributed by atoms with E-state index in [1.54, 1.807) is 7.11 Å². The quantitative estimate of drug-likeness (QED) is 0.680. The summed E-state index contributed by atoms with van der Waals surface area (Å²) in [5.74, 6) is 0.708. The number of methoxy groups -OCH3 is 1. The van der Waals surface area contributed by atoms with E-state index in [4.69, 9.17) is 9.47 Å². The van der Waals surface area contributed by atoms with Gasteiger partial charge in [-0.05, 0) is 18.4 Å². The summed E-state index contributed by atoms with van der Waals surface area (Å²) in [7, 11) is 1.72. The molecule has 0 aliphatic heterocycles. The maximum atomic E-state index is 5.51. The van der Waals surface area contributed by atoms with Gasteiger partial charge in [0.25, 0.3) is 0 Å². The van der Waals surface area contributed by atoms with Crippen molar-refractivity contribution in [1.82, 2.24) is 5.32 Å². The van der Waals surface area contributed by atoms with Gasteiger partial charge in [-0.2, -0.15) is 0 Å². The van der Waals surface area contributed by atoms with Crippen LogP contribution < -0.4 is 5.32 Å². The van der Waals surface area contributed by atoms with Crippen LogP contribution in [0.3, 0.4) is 0 Å². The van der Waals surface area contributed by atoms with Crippen LogP contribution in [0.1, 0.15) is 24.3 Å². The molecule has 18 heavy (non-hydrogen) atoms. The van der Waals surface area contributed by atoms with Gasteiger partial charge >= 0.3 is 0 Å². The number of ether oxygens (including phenoxy) is 2. The highest BCUT2D eigenvalue weighted by atomic mass is 16.5. The number of benzene rings is 1. The van der Waals surface area contributed by atoms with Gasteiger partial charge in [0.05, 0.1) is 6.61 Å². The van der Waals surface area contributed by atoms with Crippen LogP contribution in [0.25, 0.3) is 0 Å². The van der Waals surface area contributed by atoms with Crippen molar-refractivity contribution in [3.8, 4) is 0 Å². The van der Waals surface area contributed by atoms with Crippen molar-refractivity contribution in [3.63, 3.8) is 0 Å². The molecule has 3 heteroatoms. The predicted octanol–water partition coefficient (Wildman–Crippen LogP) is 2.19. The highest BCUT2D eigenvalue weighted by molar-refractivity contribution is 5.27. The minimum atomic E-state index is 0.648. The molecule has 100 valence electrons. The highest BCUT2D eigenvalue weighted by Gasteiger charge is 2.37. The van der Waals surface area contributed by atoms with Crippen molar-refractivity contribution < 1.29 is 9.47 Å². The zero-order valence-electron chi connectivity index (χ0n) is 11.1. The lowest BCUT2D eigenvalue weighted by molar-refractivity contribution is 0.104. The fraction of sp³-hybridized carbons (Fsp3) is 0.600. The van der Waals surface area contributed by atoms with Gasteiger partial charge in [0.1, 0.15) is 0 Å². The van der Waals surface area contributed by atoms with E-state index < -0.39 is 0 Å². The highest BCUT2D eigenvalue weighted by Crippen LogP contribution is 2.40. The summed E-state index contributed by atoms with van der Waals surface area (Å²) in [6.45, 7) is 3.32. The average Bonchev–Trinajstić information content (AvgIpc) is 3.18. The predicted molar refractivity (Wildman–Crippen MR) is 72.9 cm³/mol. The molecular weight excluding hydrogens is 226 g/mol.